The van der Waals surface area contributed by atoms with E-state index < -0.39 is 0 Å². The lowest BCUT2D eigenvalue weighted by atomic mass is 10.1. The predicted octanol–water partition coefficient (Wildman–Crippen LogP) is 1.93. The minimum Gasteiger partial charge on any atom is -0.381 e. The van der Waals surface area contributed by atoms with Gasteiger partial charge in [-0.05, 0) is 38.3 Å². The van der Waals surface area contributed by atoms with Crippen molar-refractivity contribution in [2.24, 2.45) is 4.99 Å². The summed E-state index contributed by atoms with van der Waals surface area (Å²) in [6, 6.07) is 9.87. The van der Waals surface area contributed by atoms with Gasteiger partial charge in [0.2, 0.25) is 5.91 Å². The van der Waals surface area contributed by atoms with Crippen molar-refractivity contribution in [1.29, 1.82) is 0 Å². The second-order valence-corrected chi connectivity index (χ2v) is 7.18. The van der Waals surface area contributed by atoms with Gasteiger partial charge in [-0.3, -0.25) is 9.79 Å². The molecule has 1 atom stereocenters. The van der Waals surface area contributed by atoms with Crippen LogP contribution in [-0.2, 0) is 14.3 Å². The van der Waals surface area contributed by atoms with E-state index >= 15 is 0 Å². The van der Waals surface area contributed by atoms with Crippen LogP contribution in [0, 0.1) is 0 Å². The van der Waals surface area contributed by atoms with E-state index in [1.165, 1.54) is 0 Å². The molecule has 154 valence electrons. The van der Waals surface area contributed by atoms with Gasteiger partial charge in [-0.15, -0.1) is 0 Å². The van der Waals surface area contributed by atoms with Gasteiger partial charge in [0.25, 0.3) is 0 Å². The highest BCUT2D eigenvalue weighted by atomic mass is 16.5. The number of rotatable bonds is 8. The van der Waals surface area contributed by atoms with E-state index in [9.17, 15) is 4.79 Å². The summed E-state index contributed by atoms with van der Waals surface area (Å²) < 4.78 is 11.2. The minimum absolute atomic E-state index is 0.0593. The number of nitrogens with zero attached hydrogens (tertiary/aromatic N) is 2. The first-order valence-electron chi connectivity index (χ1n) is 10.4. The van der Waals surface area contributed by atoms with Crippen molar-refractivity contribution in [2.45, 2.75) is 44.8 Å². The summed E-state index contributed by atoms with van der Waals surface area (Å²) in [5.74, 6) is 0.908. The van der Waals surface area contributed by atoms with Gasteiger partial charge in [0, 0.05) is 51.6 Å². The molecule has 1 aromatic carbocycles. The van der Waals surface area contributed by atoms with Gasteiger partial charge in [-0.2, -0.15) is 0 Å². The molecule has 2 aliphatic heterocycles. The monoisotopic (exact) mass is 388 g/mol. The van der Waals surface area contributed by atoms with Crippen LogP contribution in [-0.4, -0.2) is 63.5 Å². The summed E-state index contributed by atoms with van der Waals surface area (Å²) in [6.07, 6.45) is 3.67. The largest absolute Gasteiger partial charge is 0.381 e. The normalized spacial score (nSPS) is 21.2. The number of hydrogen-bond acceptors (Lipinski definition) is 4. The van der Waals surface area contributed by atoms with Crippen molar-refractivity contribution in [3.8, 4) is 0 Å². The number of carbonyl (C=O) groups excluding carboxylic acids is 1. The third-order valence-electron chi connectivity index (χ3n) is 4.97. The van der Waals surface area contributed by atoms with E-state index in [-0.39, 0.29) is 11.9 Å². The Balaban J connectivity index is 1.43. The summed E-state index contributed by atoms with van der Waals surface area (Å²) in [6.45, 7) is 6.50. The molecule has 2 heterocycles. The van der Waals surface area contributed by atoms with Gasteiger partial charge < -0.3 is 25.0 Å². The molecule has 1 unspecified atom stereocenters. The lowest BCUT2D eigenvalue weighted by Crippen LogP contribution is -2.44. The van der Waals surface area contributed by atoms with Gasteiger partial charge in [0.1, 0.15) is 0 Å². The number of ether oxygens (including phenoxy) is 2. The highest BCUT2D eigenvalue weighted by Gasteiger charge is 2.31. The fourth-order valence-corrected chi connectivity index (χ4v) is 3.52. The van der Waals surface area contributed by atoms with Crippen LogP contribution in [0.3, 0.4) is 0 Å². The van der Waals surface area contributed by atoms with E-state index in [2.05, 4.69) is 15.6 Å². The molecule has 28 heavy (non-hydrogen) atoms. The molecule has 0 bridgehead atoms. The van der Waals surface area contributed by atoms with Crippen LogP contribution in [0.5, 0.6) is 0 Å². The number of anilines is 1. The SMILES string of the molecule is CCNC(=NCCCOC1CCOCC1)NC1CC(=O)N(c2ccccc2)C1. The molecular weight excluding hydrogens is 356 g/mol. The molecule has 0 spiro atoms. The van der Waals surface area contributed by atoms with Crippen molar-refractivity contribution in [3.05, 3.63) is 30.3 Å². The smallest absolute Gasteiger partial charge is 0.229 e. The van der Waals surface area contributed by atoms with Gasteiger partial charge in [0.05, 0.1) is 12.1 Å². The lowest BCUT2D eigenvalue weighted by Gasteiger charge is -2.22. The zero-order valence-corrected chi connectivity index (χ0v) is 16.7. The highest BCUT2D eigenvalue weighted by Crippen LogP contribution is 2.20. The van der Waals surface area contributed by atoms with E-state index in [0.717, 1.165) is 57.3 Å². The molecule has 2 N–H and O–H groups in total. The van der Waals surface area contributed by atoms with Crippen LogP contribution in [0.25, 0.3) is 0 Å². The van der Waals surface area contributed by atoms with Crippen LogP contribution in [0.2, 0.25) is 0 Å². The standard InChI is InChI=1S/C21H32N4O3/c1-2-22-21(23-11-6-12-28-19-9-13-27-14-10-19)24-17-15-20(26)25(16-17)18-7-4-3-5-8-18/h3-5,7-8,17,19H,2,6,9-16H2,1H3,(H2,22,23,24). The minimum atomic E-state index is 0.0593. The van der Waals surface area contributed by atoms with Crippen LogP contribution in [0.4, 0.5) is 5.69 Å². The maximum Gasteiger partial charge on any atom is 0.229 e. The third kappa shape index (κ3) is 6.21. The average molecular weight is 389 g/mol. The summed E-state index contributed by atoms with van der Waals surface area (Å²) in [5, 5.41) is 6.68. The fourth-order valence-electron chi connectivity index (χ4n) is 3.52. The van der Waals surface area contributed by atoms with E-state index in [0.29, 0.717) is 25.6 Å². The van der Waals surface area contributed by atoms with Crippen molar-refractivity contribution < 1.29 is 14.3 Å². The highest BCUT2D eigenvalue weighted by molar-refractivity contribution is 5.97. The van der Waals surface area contributed by atoms with Crippen LogP contribution in [0.1, 0.15) is 32.6 Å². The molecule has 0 radical (unpaired) electrons. The van der Waals surface area contributed by atoms with Gasteiger partial charge >= 0.3 is 0 Å². The first-order chi connectivity index (χ1) is 13.8. The molecule has 7 heteroatoms. The molecule has 1 amide bonds. The Bertz CT molecular complexity index is 632. The lowest BCUT2D eigenvalue weighted by molar-refractivity contribution is -0.117. The zero-order chi connectivity index (χ0) is 19.6. The molecule has 2 fully saturated rings. The second-order valence-electron chi connectivity index (χ2n) is 7.18. The van der Waals surface area contributed by atoms with Crippen molar-refractivity contribution in [1.82, 2.24) is 10.6 Å². The molecule has 3 rings (SSSR count). The third-order valence-corrected chi connectivity index (χ3v) is 4.97. The number of amides is 1. The molecule has 1 aromatic rings. The number of carbonyl (C=O) groups is 1. The van der Waals surface area contributed by atoms with Crippen LogP contribution >= 0.6 is 0 Å². The Kier molecular flexibility index (Phi) is 8.11. The molecule has 0 saturated carbocycles. The average Bonchev–Trinajstić information content (AvgIpc) is 3.09. The molecule has 0 aromatic heterocycles. The molecule has 2 saturated heterocycles. The molecular formula is C21H32N4O3. The Morgan fingerprint density at radius 2 is 2.07 bits per heavy atom. The van der Waals surface area contributed by atoms with Crippen molar-refractivity contribution >= 4 is 17.6 Å². The van der Waals surface area contributed by atoms with Crippen LogP contribution in [0.15, 0.2) is 35.3 Å². The topological polar surface area (TPSA) is 75.2 Å². The van der Waals surface area contributed by atoms with Crippen molar-refractivity contribution in [2.75, 3.05) is 44.4 Å². The Hall–Kier alpha value is -2.12. The summed E-state index contributed by atoms with van der Waals surface area (Å²) >= 11 is 0. The Labute approximate surface area is 167 Å². The van der Waals surface area contributed by atoms with Gasteiger partial charge in [-0.25, -0.2) is 0 Å². The van der Waals surface area contributed by atoms with Gasteiger partial charge in [0.15, 0.2) is 5.96 Å². The maximum absolute atomic E-state index is 12.4. The van der Waals surface area contributed by atoms with Crippen LogP contribution < -0.4 is 15.5 Å². The summed E-state index contributed by atoms with van der Waals surface area (Å²) in [4.78, 5) is 18.9. The number of aliphatic imine (C=N–C) groups is 1. The molecule has 7 nitrogen and oxygen atoms in total. The number of hydrogen-bond donors (Lipinski definition) is 2. The predicted molar refractivity (Wildman–Crippen MR) is 111 cm³/mol. The summed E-state index contributed by atoms with van der Waals surface area (Å²) in [7, 11) is 0. The van der Waals surface area contributed by atoms with E-state index in [1.54, 1.807) is 0 Å². The quantitative estimate of drug-likeness (QED) is 0.404. The number of nitrogens with one attached hydrogen (secondary N) is 2. The summed E-state index contributed by atoms with van der Waals surface area (Å²) in [5.41, 5.74) is 0.948. The first kappa shape index (κ1) is 20.6. The van der Waals surface area contributed by atoms with E-state index in [4.69, 9.17) is 9.47 Å². The van der Waals surface area contributed by atoms with Gasteiger partial charge in [-0.1, -0.05) is 18.2 Å². The molecule has 2 aliphatic rings. The van der Waals surface area contributed by atoms with Crippen molar-refractivity contribution in [3.63, 3.8) is 0 Å². The number of para-hydroxylation sites is 1. The zero-order valence-electron chi connectivity index (χ0n) is 16.7. The Morgan fingerprint density at radius 3 is 2.82 bits per heavy atom. The Morgan fingerprint density at radius 1 is 1.29 bits per heavy atom. The molecule has 0 aliphatic carbocycles. The first-order valence-corrected chi connectivity index (χ1v) is 10.4. The second kappa shape index (κ2) is 11.0. The van der Waals surface area contributed by atoms with E-state index in [1.807, 2.05) is 42.2 Å². The fraction of sp³-hybridized carbons (Fsp3) is 0.619. The maximum atomic E-state index is 12.4. The number of guanidine groups is 1. The number of benzene rings is 1.